The van der Waals surface area contributed by atoms with Gasteiger partial charge in [-0.15, -0.1) is 0 Å². The van der Waals surface area contributed by atoms with E-state index in [2.05, 4.69) is 29.6 Å². The fourth-order valence-electron chi connectivity index (χ4n) is 3.34. The minimum absolute atomic E-state index is 0.227. The van der Waals surface area contributed by atoms with E-state index in [1.807, 2.05) is 0 Å². The summed E-state index contributed by atoms with van der Waals surface area (Å²) in [6.07, 6.45) is 1.19. The molecule has 1 aliphatic heterocycles. The first-order valence-electron chi connectivity index (χ1n) is 8.46. The number of carbonyl (C=O) groups is 2. The monoisotopic (exact) mass is 349 g/mol. The van der Waals surface area contributed by atoms with Crippen molar-refractivity contribution in [3.05, 3.63) is 23.8 Å². The lowest BCUT2D eigenvalue weighted by Crippen LogP contribution is -2.49. The van der Waals surface area contributed by atoms with Gasteiger partial charge in [0.15, 0.2) is 11.5 Å². The van der Waals surface area contributed by atoms with Crippen LogP contribution in [0.15, 0.2) is 18.2 Å². The molecule has 0 bridgehead atoms. The number of hydrogen-bond acceptors (Lipinski definition) is 5. The molecule has 2 N–H and O–H groups in total. The third-order valence-corrected chi connectivity index (χ3v) is 4.27. The van der Waals surface area contributed by atoms with Crippen LogP contribution in [0.2, 0.25) is 0 Å². The quantitative estimate of drug-likeness (QED) is 0.787. The zero-order chi connectivity index (χ0) is 18.4. The van der Waals surface area contributed by atoms with Gasteiger partial charge < -0.3 is 9.47 Å². The van der Waals surface area contributed by atoms with E-state index in [9.17, 15) is 9.59 Å². The number of methoxy groups -OCH3 is 2. The molecule has 1 heterocycles. The van der Waals surface area contributed by atoms with Gasteiger partial charge >= 0.3 is 0 Å². The summed E-state index contributed by atoms with van der Waals surface area (Å²) in [5, 5.41) is 0. The van der Waals surface area contributed by atoms with Gasteiger partial charge in [-0.1, -0.05) is 13.8 Å². The lowest BCUT2D eigenvalue weighted by atomic mass is 9.92. The SMILES string of the molecule is COc1ccc(C(=O)NNC(=O)CN2C[C@H](C)C[C@@H](C)C2)cc1OC. The predicted octanol–water partition coefficient (Wildman–Crippen LogP) is 1.44. The summed E-state index contributed by atoms with van der Waals surface area (Å²) in [6, 6.07) is 4.82. The summed E-state index contributed by atoms with van der Waals surface area (Å²) in [5.74, 6) is 1.52. The molecule has 2 atom stereocenters. The second-order valence-electron chi connectivity index (χ2n) is 6.71. The maximum Gasteiger partial charge on any atom is 0.269 e. The van der Waals surface area contributed by atoms with Crippen molar-refractivity contribution < 1.29 is 19.1 Å². The van der Waals surface area contributed by atoms with Crippen LogP contribution in [-0.2, 0) is 4.79 Å². The van der Waals surface area contributed by atoms with Crippen LogP contribution in [0.3, 0.4) is 0 Å². The van der Waals surface area contributed by atoms with Crippen molar-refractivity contribution in [3.63, 3.8) is 0 Å². The minimum Gasteiger partial charge on any atom is -0.493 e. The number of carbonyl (C=O) groups excluding carboxylic acids is 2. The van der Waals surface area contributed by atoms with E-state index in [0.717, 1.165) is 13.1 Å². The Balaban J connectivity index is 1.86. The number of rotatable bonds is 5. The van der Waals surface area contributed by atoms with Crippen molar-refractivity contribution in [3.8, 4) is 11.5 Å². The van der Waals surface area contributed by atoms with Crippen LogP contribution >= 0.6 is 0 Å². The molecule has 138 valence electrons. The van der Waals surface area contributed by atoms with Crippen molar-refractivity contribution in [2.75, 3.05) is 33.9 Å². The third-order valence-electron chi connectivity index (χ3n) is 4.27. The number of hydrazine groups is 1. The largest absolute Gasteiger partial charge is 0.493 e. The van der Waals surface area contributed by atoms with Crippen LogP contribution in [0.1, 0.15) is 30.6 Å². The first-order chi connectivity index (χ1) is 11.9. The van der Waals surface area contributed by atoms with E-state index in [0.29, 0.717) is 28.9 Å². The zero-order valence-corrected chi connectivity index (χ0v) is 15.3. The van der Waals surface area contributed by atoms with Crippen LogP contribution in [-0.4, -0.2) is 50.6 Å². The highest BCUT2D eigenvalue weighted by molar-refractivity contribution is 5.96. The lowest BCUT2D eigenvalue weighted by Gasteiger charge is -2.34. The van der Waals surface area contributed by atoms with E-state index in [4.69, 9.17) is 9.47 Å². The number of ether oxygens (including phenoxy) is 2. The van der Waals surface area contributed by atoms with Crippen LogP contribution in [0.4, 0.5) is 0 Å². The number of nitrogens with zero attached hydrogens (tertiary/aromatic N) is 1. The van der Waals surface area contributed by atoms with E-state index in [1.54, 1.807) is 18.2 Å². The molecule has 1 aromatic rings. The van der Waals surface area contributed by atoms with Crippen molar-refractivity contribution in [1.29, 1.82) is 0 Å². The fraction of sp³-hybridized carbons (Fsp3) is 0.556. The minimum atomic E-state index is -0.408. The van der Waals surface area contributed by atoms with Crippen LogP contribution in [0, 0.1) is 11.8 Å². The number of hydrogen-bond donors (Lipinski definition) is 2. The van der Waals surface area contributed by atoms with Crippen LogP contribution < -0.4 is 20.3 Å². The summed E-state index contributed by atoms with van der Waals surface area (Å²) >= 11 is 0. The van der Waals surface area contributed by atoms with Gasteiger partial charge in [0.05, 0.1) is 20.8 Å². The predicted molar refractivity (Wildman–Crippen MR) is 94.5 cm³/mol. The van der Waals surface area contributed by atoms with E-state index in [1.165, 1.54) is 20.6 Å². The van der Waals surface area contributed by atoms with Gasteiger partial charge in [0, 0.05) is 18.7 Å². The average molecular weight is 349 g/mol. The van der Waals surface area contributed by atoms with Gasteiger partial charge in [-0.05, 0) is 36.5 Å². The molecule has 7 nitrogen and oxygen atoms in total. The summed E-state index contributed by atoms with van der Waals surface area (Å²) in [6.45, 7) is 6.47. The smallest absolute Gasteiger partial charge is 0.269 e. The highest BCUT2D eigenvalue weighted by atomic mass is 16.5. The summed E-state index contributed by atoms with van der Waals surface area (Å²) < 4.78 is 10.3. The molecule has 2 rings (SSSR count). The Kier molecular flexibility index (Phi) is 6.64. The Morgan fingerprint density at radius 2 is 1.72 bits per heavy atom. The van der Waals surface area contributed by atoms with Crippen molar-refractivity contribution in [2.24, 2.45) is 11.8 Å². The standard InChI is InChI=1S/C18H27N3O4/c1-12-7-13(2)10-21(9-12)11-17(22)19-20-18(23)14-5-6-15(24-3)16(8-14)25-4/h5-6,8,12-13H,7,9-11H2,1-4H3,(H,19,22)(H,20,23)/t12-,13-/m1/s1. The first-order valence-corrected chi connectivity index (χ1v) is 8.46. The molecule has 0 radical (unpaired) electrons. The molecule has 7 heteroatoms. The number of amides is 2. The average Bonchev–Trinajstić information content (AvgIpc) is 2.58. The molecule has 2 amide bonds. The van der Waals surface area contributed by atoms with Crippen molar-refractivity contribution >= 4 is 11.8 Å². The van der Waals surface area contributed by atoms with E-state index >= 15 is 0 Å². The Hall–Kier alpha value is -2.28. The zero-order valence-electron chi connectivity index (χ0n) is 15.3. The Morgan fingerprint density at radius 3 is 2.32 bits per heavy atom. The van der Waals surface area contributed by atoms with Gasteiger partial charge in [0.1, 0.15) is 0 Å². The summed E-state index contributed by atoms with van der Waals surface area (Å²) in [4.78, 5) is 26.4. The second kappa shape index (κ2) is 8.71. The van der Waals surface area contributed by atoms with Gasteiger partial charge in [-0.25, -0.2) is 0 Å². The molecular formula is C18H27N3O4. The normalized spacial score (nSPS) is 20.6. The summed E-state index contributed by atoms with van der Waals surface area (Å²) in [7, 11) is 3.03. The van der Waals surface area contributed by atoms with Gasteiger partial charge in [0.2, 0.25) is 0 Å². The second-order valence-corrected chi connectivity index (χ2v) is 6.71. The highest BCUT2D eigenvalue weighted by Gasteiger charge is 2.23. The van der Waals surface area contributed by atoms with Crippen molar-refractivity contribution in [1.82, 2.24) is 15.8 Å². The van der Waals surface area contributed by atoms with Gasteiger partial charge in [-0.2, -0.15) is 0 Å². The molecule has 1 aromatic carbocycles. The molecule has 0 saturated carbocycles. The third kappa shape index (κ3) is 5.35. The van der Waals surface area contributed by atoms with Crippen LogP contribution in [0.25, 0.3) is 0 Å². The maximum absolute atomic E-state index is 12.2. The molecule has 1 fully saturated rings. The fourth-order valence-corrected chi connectivity index (χ4v) is 3.34. The summed E-state index contributed by atoms with van der Waals surface area (Å²) in [5.41, 5.74) is 5.28. The molecule has 0 spiro atoms. The maximum atomic E-state index is 12.2. The number of piperidine rings is 1. The number of likely N-dealkylation sites (tertiary alicyclic amines) is 1. The van der Waals surface area contributed by atoms with Crippen LogP contribution in [0.5, 0.6) is 11.5 Å². The lowest BCUT2D eigenvalue weighted by molar-refractivity contribution is -0.123. The van der Waals surface area contributed by atoms with Gasteiger partial charge in [0.25, 0.3) is 11.8 Å². The molecule has 1 aliphatic rings. The van der Waals surface area contributed by atoms with E-state index < -0.39 is 5.91 Å². The molecule has 0 aliphatic carbocycles. The topological polar surface area (TPSA) is 79.9 Å². The Bertz CT molecular complexity index is 610. The highest BCUT2D eigenvalue weighted by Crippen LogP contribution is 2.27. The van der Waals surface area contributed by atoms with E-state index in [-0.39, 0.29) is 12.5 Å². The molecule has 0 aromatic heterocycles. The number of nitrogens with one attached hydrogen (secondary N) is 2. The number of benzene rings is 1. The molecule has 0 unspecified atom stereocenters. The Labute approximate surface area is 148 Å². The molecule has 1 saturated heterocycles. The Morgan fingerprint density at radius 1 is 1.08 bits per heavy atom. The first kappa shape index (κ1) is 19.1. The van der Waals surface area contributed by atoms with Gasteiger partial charge in [-0.3, -0.25) is 25.3 Å². The molecule has 25 heavy (non-hydrogen) atoms. The van der Waals surface area contributed by atoms with Crippen molar-refractivity contribution in [2.45, 2.75) is 20.3 Å². The molecular weight excluding hydrogens is 322 g/mol.